The van der Waals surface area contributed by atoms with Crippen LogP contribution in [0.15, 0.2) is 5.11 Å². The third-order valence-electron chi connectivity index (χ3n) is 9.30. The van der Waals surface area contributed by atoms with Crippen LogP contribution in [0.25, 0.3) is 10.4 Å². The largest absolute Gasteiger partial charge is 0.389 e. The zero-order valence-corrected chi connectivity index (χ0v) is 15.4. The van der Waals surface area contributed by atoms with Gasteiger partial charge in [0.15, 0.2) is 0 Å². The smallest absolute Gasteiger partial charge is 0.0760 e. The summed E-state index contributed by atoms with van der Waals surface area (Å²) in [6.45, 7) is 5.15. The second-order valence-corrected chi connectivity index (χ2v) is 9.82. The predicted molar refractivity (Wildman–Crippen MR) is 95.3 cm³/mol. The van der Waals surface area contributed by atoms with Crippen LogP contribution < -0.4 is 0 Å². The maximum absolute atomic E-state index is 11.3. The highest BCUT2D eigenvalue weighted by atomic mass is 16.3. The van der Waals surface area contributed by atoms with E-state index in [9.17, 15) is 5.11 Å². The SMILES string of the molecule is C[C@]12CCCC[C@@H]1CC[C@@H]1[C@@H]2CC[C@@]2(C)[C@H]1CC[C@@]2(O)CN=[N+]=[N-]. The first-order chi connectivity index (χ1) is 11.4. The van der Waals surface area contributed by atoms with Crippen molar-refractivity contribution in [2.45, 2.75) is 83.7 Å². The van der Waals surface area contributed by atoms with Gasteiger partial charge in [0.25, 0.3) is 0 Å². The lowest BCUT2D eigenvalue weighted by atomic mass is 9.44. The van der Waals surface area contributed by atoms with Crippen molar-refractivity contribution in [3.63, 3.8) is 0 Å². The molecule has 0 aromatic carbocycles. The van der Waals surface area contributed by atoms with Gasteiger partial charge in [0.05, 0.1) is 12.1 Å². The molecule has 4 heteroatoms. The molecule has 0 aliphatic heterocycles. The Bertz CT molecular complexity index is 559. The van der Waals surface area contributed by atoms with Crippen LogP contribution in [-0.2, 0) is 0 Å². The van der Waals surface area contributed by atoms with Crippen LogP contribution in [0.5, 0.6) is 0 Å². The van der Waals surface area contributed by atoms with Gasteiger partial charge in [-0.05, 0) is 91.4 Å². The van der Waals surface area contributed by atoms with Crippen molar-refractivity contribution < 1.29 is 5.11 Å². The maximum Gasteiger partial charge on any atom is 0.0760 e. The molecular weight excluding hydrogens is 298 g/mol. The third-order valence-corrected chi connectivity index (χ3v) is 9.30. The van der Waals surface area contributed by atoms with E-state index in [4.69, 9.17) is 5.53 Å². The van der Waals surface area contributed by atoms with Gasteiger partial charge in [0.2, 0.25) is 0 Å². The molecule has 0 aromatic heterocycles. The number of hydrogen-bond donors (Lipinski definition) is 1. The van der Waals surface area contributed by atoms with Gasteiger partial charge in [-0.1, -0.05) is 31.8 Å². The fourth-order valence-electron chi connectivity index (χ4n) is 7.81. The molecule has 134 valence electrons. The van der Waals surface area contributed by atoms with E-state index < -0.39 is 5.60 Å². The molecule has 24 heavy (non-hydrogen) atoms. The molecule has 4 aliphatic carbocycles. The first-order valence-corrected chi connectivity index (χ1v) is 10.2. The highest BCUT2D eigenvalue weighted by Crippen LogP contribution is 2.68. The topological polar surface area (TPSA) is 69.0 Å². The average molecular weight is 332 g/mol. The molecule has 0 bridgehead atoms. The molecule has 4 rings (SSSR count). The molecule has 4 nitrogen and oxygen atoms in total. The lowest BCUT2D eigenvalue weighted by Crippen LogP contribution is -2.56. The Morgan fingerprint density at radius 3 is 2.58 bits per heavy atom. The number of hydrogen-bond acceptors (Lipinski definition) is 2. The molecule has 0 saturated heterocycles. The van der Waals surface area contributed by atoms with Crippen LogP contribution >= 0.6 is 0 Å². The van der Waals surface area contributed by atoms with Crippen LogP contribution in [0, 0.1) is 34.5 Å². The summed E-state index contributed by atoms with van der Waals surface area (Å²) in [6.07, 6.45) is 12.8. The molecule has 0 heterocycles. The van der Waals surface area contributed by atoms with E-state index in [2.05, 4.69) is 23.9 Å². The summed E-state index contributed by atoms with van der Waals surface area (Å²) < 4.78 is 0. The molecule has 0 amide bonds. The van der Waals surface area contributed by atoms with Crippen molar-refractivity contribution in [3.8, 4) is 0 Å². The standard InChI is InChI=1S/C20H33N3O/c1-18-10-4-3-5-14(18)6-7-15-16(18)8-11-19(2)17(15)9-12-20(19,24)13-22-23-21/h14-17,24H,3-13H2,1-2H3/t14-,15-,16+,17+,18+,19+,20-/m1/s1. The number of fused-ring (bicyclic) bond motifs is 5. The fourth-order valence-corrected chi connectivity index (χ4v) is 7.81. The summed E-state index contributed by atoms with van der Waals surface area (Å²) in [5.74, 6) is 3.20. The first kappa shape index (κ1) is 16.7. The van der Waals surface area contributed by atoms with Crippen molar-refractivity contribution >= 4 is 0 Å². The van der Waals surface area contributed by atoms with Gasteiger partial charge >= 0.3 is 0 Å². The third kappa shape index (κ3) is 2.12. The van der Waals surface area contributed by atoms with Crippen molar-refractivity contribution in [2.75, 3.05) is 6.54 Å². The van der Waals surface area contributed by atoms with E-state index in [1.54, 1.807) is 0 Å². The van der Waals surface area contributed by atoms with E-state index in [1.807, 2.05) is 0 Å². The molecule has 4 aliphatic rings. The lowest BCUT2D eigenvalue weighted by molar-refractivity contribution is -0.147. The molecule has 4 fully saturated rings. The van der Waals surface area contributed by atoms with E-state index in [-0.39, 0.29) is 12.0 Å². The Hall–Kier alpha value is -0.730. The minimum atomic E-state index is -0.779. The normalized spacial score (nSPS) is 53.5. The van der Waals surface area contributed by atoms with Crippen molar-refractivity contribution in [3.05, 3.63) is 10.4 Å². The van der Waals surface area contributed by atoms with Crippen LogP contribution in [0.4, 0.5) is 0 Å². The van der Waals surface area contributed by atoms with E-state index in [0.29, 0.717) is 11.3 Å². The zero-order chi connectivity index (χ0) is 17.0. The van der Waals surface area contributed by atoms with Gasteiger partial charge in [0, 0.05) is 4.91 Å². The van der Waals surface area contributed by atoms with Crippen molar-refractivity contribution in [2.24, 2.45) is 39.6 Å². The second-order valence-electron chi connectivity index (χ2n) is 9.82. The van der Waals surface area contributed by atoms with Gasteiger partial charge in [-0.2, -0.15) is 0 Å². The maximum atomic E-state index is 11.3. The van der Waals surface area contributed by atoms with Crippen LogP contribution in [0.2, 0.25) is 0 Å². The average Bonchev–Trinajstić information content (AvgIpc) is 2.84. The van der Waals surface area contributed by atoms with Crippen LogP contribution in [0.3, 0.4) is 0 Å². The monoisotopic (exact) mass is 331 g/mol. The summed E-state index contributed by atoms with van der Waals surface area (Å²) in [4.78, 5) is 2.92. The number of aliphatic hydroxyl groups is 1. The molecule has 1 N–H and O–H groups in total. The summed E-state index contributed by atoms with van der Waals surface area (Å²) >= 11 is 0. The Morgan fingerprint density at radius 1 is 1.00 bits per heavy atom. The molecule has 7 atom stereocenters. The van der Waals surface area contributed by atoms with E-state index >= 15 is 0 Å². The van der Waals surface area contributed by atoms with Gasteiger partial charge < -0.3 is 5.11 Å². The molecule has 0 unspecified atom stereocenters. The molecule has 4 saturated carbocycles. The molecule has 0 radical (unpaired) electrons. The summed E-state index contributed by atoms with van der Waals surface area (Å²) in [7, 11) is 0. The first-order valence-electron chi connectivity index (χ1n) is 10.2. The molecule has 0 aromatic rings. The second kappa shape index (κ2) is 5.64. The van der Waals surface area contributed by atoms with E-state index in [1.165, 1.54) is 44.9 Å². The highest BCUT2D eigenvalue weighted by molar-refractivity contribution is 5.14. The summed E-state index contributed by atoms with van der Waals surface area (Å²) in [5.41, 5.74) is 8.43. The number of nitrogens with zero attached hydrogens (tertiary/aromatic N) is 3. The van der Waals surface area contributed by atoms with Gasteiger partial charge in [-0.15, -0.1) is 0 Å². The summed E-state index contributed by atoms with van der Waals surface area (Å²) in [6, 6.07) is 0. The van der Waals surface area contributed by atoms with Crippen molar-refractivity contribution in [1.82, 2.24) is 0 Å². The van der Waals surface area contributed by atoms with E-state index in [0.717, 1.165) is 37.0 Å². The quantitative estimate of drug-likeness (QED) is 0.407. The Morgan fingerprint density at radius 2 is 1.79 bits per heavy atom. The Labute approximate surface area is 146 Å². The lowest BCUT2D eigenvalue weighted by Gasteiger charge is -2.61. The van der Waals surface area contributed by atoms with Crippen LogP contribution in [0.1, 0.15) is 78.1 Å². The molecule has 0 spiro atoms. The van der Waals surface area contributed by atoms with Gasteiger partial charge in [0.1, 0.15) is 0 Å². The van der Waals surface area contributed by atoms with Gasteiger partial charge in [-0.3, -0.25) is 0 Å². The predicted octanol–water partition coefficient (Wildman–Crippen LogP) is 5.46. The molecular formula is C20H33N3O. The number of azide groups is 1. The highest BCUT2D eigenvalue weighted by Gasteiger charge is 2.63. The number of rotatable bonds is 2. The van der Waals surface area contributed by atoms with Crippen LogP contribution in [-0.4, -0.2) is 17.3 Å². The minimum absolute atomic E-state index is 0.0553. The Kier molecular flexibility index (Phi) is 3.93. The minimum Gasteiger partial charge on any atom is -0.389 e. The van der Waals surface area contributed by atoms with Crippen molar-refractivity contribution in [1.29, 1.82) is 0 Å². The zero-order valence-electron chi connectivity index (χ0n) is 15.4. The fraction of sp³-hybridized carbons (Fsp3) is 1.00. The Balaban J connectivity index is 1.62. The van der Waals surface area contributed by atoms with Gasteiger partial charge in [-0.25, -0.2) is 0 Å². The summed E-state index contributed by atoms with van der Waals surface area (Å²) in [5, 5.41) is 15.1.